The quantitative estimate of drug-likeness (QED) is 0.573. The predicted molar refractivity (Wildman–Crippen MR) is 43.0 cm³/mol. The number of allylic oxidation sites excluding steroid dienone is 4. The van der Waals surface area contributed by atoms with Crippen LogP contribution in [0.15, 0.2) is 36.7 Å². The largest absolute Gasteiger partial charge is 0.771 e. The van der Waals surface area contributed by atoms with Crippen LogP contribution < -0.4 is 0 Å². The third-order valence-corrected chi connectivity index (χ3v) is 1.65. The Hall–Kier alpha value is -0.870. The van der Waals surface area contributed by atoms with E-state index < -0.39 is 11.1 Å². The van der Waals surface area contributed by atoms with E-state index in [1.807, 2.05) is 12.2 Å². The van der Waals surface area contributed by atoms with Gasteiger partial charge in [-0.05, 0) is 23.2 Å². The van der Waals surface area contributed by atoms with E-state index >= 15 is 0 Å². The molecule has 0 amide bonds. The lowest BCUT2D eigenvalue weighted by atomic mass is 10.5. The summed E-state index contributed by atoms with van der Waals surface area (Å²) in [5.41, 5.74) is 0. The Kier molecular flexibility index (Phi) is 3.07. The maximum atomic E-state index is 10.2. The summed E-state index contributed by atoms with van der Waals surface area (Å²) < 4.78 is 20.5. The van der Waals surface area contributed by atoms with Gasteiger partial charge in [-0.25, -0.2) is 0 Å². The number of hydrogen-bond donors (Lipinski definition) is 0. The molecule has 0 fully saturated rings. The van der Waals surface area contributed by atoms with Crippen LogP contribution in [0.2, 0.25) is 0 Å². The van der Waals surface area contributed by atoms with Gasteiger partial charge in [-0.1, -0.05) is 12.2 Å². The Bertz CT molecular complexity index is 217. The highest BCUT2D eigenvalue weighted by Crippen LogP contribution is 1.98. The molecule has 60 valence electrons. The van der Waals surface area contributed by atoms with E-state index in [1.165, 1.54) is 0 Å². The van der Waals surface area contributed by atoms with Gasteiger partial charge in [0.05, 0.1) is 5.88 Å². The summed E-state index contributed by atoms with van der Waals surface area (Å²) >= 11 is -2.03. The fraction of sp³-hybridized carbons (Fsp3) is 0.143. The second kappa shape index (κ2) is 4.10. The molecule has 1 unspecified atom stereocenters. The average molecular weight is 170 g/mol. The molecule has 11 heavy (non-hydrogen) atoms. The van der Waals surface area contributed by atoms with E-state index in [2.05, 4.69) is 0 Å². The molecule has 0 aromatic rings. The fourth-order valence-electron chi connectivity index (χ4n) is 0.706. The first-order chi connectivity index (χ1) is 5.29. The zero-order valence-electron chi connectivity index (χ0n) is 5.84. The Labute approximate surface area is 68.0 Å². The molecule has 0 spiro atoms. The molecule has 1 rings (SSSR count). The van der Waals surface area contributed by atoms with Gasteiger partial charge in [0.2, 0.25) is 0 Å². The SMILES string of the molecule is O=S([O-])CN1C=CC=CC=C1. The topological polar surface area (TPSA) is 43.4 Å². The predicted octanol–water partition coefficient (Wildman–Crippen LogP) is 0.722. The Morgan fingerprint density at radius 2 is 1.73 bits per heavy atom. The van der Waals surface area contributed by atoms with Crippen LogP contribution >= 0.6 is 0 Å². The summed E-state index contributed by atoms with van der Waals surface area (Å²) in [6.45, 7) is 0. The summed E-state index contributed by atoms with van der Waals surface area (Å²) in [5, 5.41) is 0. The van der Waals surface area contributed by atoms with Gasteiger partial charge in [-0.15, -0.1) is 0 Å². The molecule has 1 heterocycles. The Balaban J connectivity index is 2.53. The molecular weight excluding hydrogens is 162 g/mol. The normalized spacial score (nSPS) is 18.5. The van der Waals surface area contributed by atoms with E-state index in [0.29, 0.717) is 0 Å². The van der Waals surface area contributed by atoms with Crippen molar-refractivity contribution in [3.63, 3.8) is 0 Å². The van der Waals surface area contributed by atoms with Crippen molar-refractivity contribution in [3.8, 4) is 0 Å². The molecule has 0 radical (unpaired) electrons. The lowest BCUT2D eigenvalue weighted by Crippen LogP contribution is -2.14. The number of nitrogens with zero attached hydrogens (tertiary/aromatic N) is 1. The minimum Gasteiger partial charge on any atom is -0.771 e. The third-order valence-electron chi connectivity index (χ3n) is 1.14. The smallest absolute Gasteiger partial charge is 0.0843 e. The van der Waals surface area contributed by atoms with Crippen molar-refractivity contribution in [2.24, 2.45) is 0 Å². The van der Waals surface area contributed by atoms with Crippen molar-refractivity contribution < 1.29 is 8.76 Å². The van der Waals surface area contributed by atoms with Crippen LogP contribution in [0.25, 0.3) is 0 Å². The van der Waals surface area contributed by atoms with Gasteiger partial charge in [0.15, 0.2) is 0 Å². The van der Waals surface area contributed by atoms with Crippen molar-refractivity contribution in [2.75, 3.05) is 5.88 Å². The molecule has 0 aliphatic carbocycles. The van der Waals surface area contributed by atoms with Crippen molar-refractivity contribution in [2.45, 2.75) is 0 Å². The standard InChI is InChI=1S/C7H9NO2S/c9-11(10)7-8-5-3-1-2-4-6-8/h1-6H,7H2,(H,9,10)/p-1. The summed E-state index contributed by atoms with van der Waals surface area (Å²) in [4.78, 5) is 1.59. The van der Waals surface area contributed by atoms with Crippen LogP contribution in [0.1, 0.15) is 0 Å². The van der Waals surface area contributed by atoms with Crippen LogP contribution in [0.4, 0.5) is 0 Å². The van der Waals surface area contributed by atoms with Crippen LogP contribution in [-0.4, -0.2) is 19.5 Å². The Morgan fingerprint density at radius 1 is 1.18 bits per heavy atom. The maximum absolute atomic E-state index is 10.2. The van der Waals surface area contributed by atoms with Crippen molar-refractivity contribution in [3.05, 3.63) is 36.7 Å². The second-order valence-electron chi connectivity index (χ2n) is 2.02. The van der Waals surface area contributed by atoms with Crippen LogP contribution in [0.5, 0.6) is 0 Å². The van der Waals surface area contributed by atoms with Gasteiger partial charge in [0.25, 0.3) is 0 Å². The van der Waals surface area contributed by atoms with Gasteiger partial charge >= 0.3 is 0 Å². The van der Waals surface area contributed by atoms with Crippen molar-refractivity contribution in [1.29, 1.82) is 0 Å². The molecule has 0 bridgehead atoms. The zero-order chi connectivity index (χ0) is 8.10. The first-order valence-corrected chi connectivity index (χ1v) is 4.37. The molecule has 3 nitrogen and oxygen atoms in total. The van der Waals surface area contributed by atoms with E-state index in [9.17, 15) is 8.76 Å². The molecular formula is C7H8NO2S-. The van der Waals surface area contributed by atoms with Crippen LogP contribution in [0, 0.1) is 0 Å². The number of hydrogen-bond acceptors (Lipinski definition) is 3. The van der Waals surface area contributed by atoms with Gasteiger partial charge in [0, 0.05) is 12.4 Å². The highest BCUT2D eigenvalue weighted by molar-refractivity contribution is 7.79. The lowest BCUT2D eigenvalue weighted by Gasteiger charge is -2.15. The van der Waals surface area contributed by atoms with E-state index in [1.54, 1.807) is 29.5 Å². The molecule has 1 aliphatic heterocycles. The average Bonchev–Trinajstić information content (AvgIpc) is 2.14. The van der Waals surface area contributed by atoms with Gasteiger partial charge in [-0.3, -0.25) is 4.21 Å². The maximum Gasteiger partial charge on any atom is 0.0843 e. The van der Waals surface area contributed by atoms with Crippen molar-refractivity contribution >= 4 is 11.1 Å². The Morgan fingerprint density at radius 3 is 2.18 bits per heavy atom. The van der Waals surface area contributed by atoms with Crippen LogP contribution in [-0.2, 0) is 11.1 Å². The molecule has 1 aliphatic rings. The van der Waals surface area contributed by atoms with Crippen molar-refractivity contribution in [1.82, 2.24) is 4.90 Å². The first-order valence-electron chi connectivity index (χ1n) is 3.12. The third kappa shape index (κ3) is 3.15. The summed E-state index contributed by atoms with van der Waals surface area (Å²) in [5.74, 6) is 0.00861. The number of rotatable bonds is 2. The molecule has 0 saturated heterocycles. The first kappa shape index (κ1) is 8.23. The molecule has 0 N–H and O–H groups in total. The highest BCUT2D eigenvalue weighted by Gasteiger charge is 1.92. The van der Waals surface area contributed by atoms with Gasteiger partial charge in [0.1, 0.15) is 0 Å². The van der Waals surface area contributed by atoms with Gasteiger partial charge < -0.3 is 9.45 Å². The monoisotopic (exact) mass is 170 g/mol. The molecule has 4 heteroatoms. The summed E-state index contributed by atoms with van der Waals surface area (Å²) in [6, 6.07) is 0. The summed E-state index contributed by atoms with van der Waals surface area (Å²) in [6.07, 6.45) is 10.7. The van der Waals surface area contributed by atoms with Crippen LogP contribution in [0.3, 0.4) is 0 Å². The highest BCUT2D eigenvalue weighted by atomic mass is 32.2. The zero-order valence-corrected chi connectivity index (χ0v) is 6.66. The second-order valence-corrected chi connectivity index (χ2v) is 2.88. The molecule has 0 aromatic carbocycles. The van der Waals surface area contributed by atoms with E-state index in [0.717, 1.165) is 0 Å². The van der Waals surface area contributed by atoms with E-state index in [4.69, 9.17) is 0 Å². The summed E-state index contributed by atoms with van der Waals surface area (Å²) in [7, 11) is 0. The van der Waals surface area contributed by atoms with E-state index in [-0.39, 0.29) is 5.88 Å². The fourth-order valence-corrected chi connectivity index (χ4v) is 1.12. The minimum absolute atomic E-state index is 0.00861. The van der Waals surface area contributed by atoms with Gasteiger partial charge in [-0.2, -0.15) is 0 Å². The minimum atomic E-state index is -2.03. The lowest BCUT2D eigenvalue weighted by molar-refractivity contribution is 0.500. The molecule has 1 atom stereocenters. The molecule has 0 saturated carbocycles. The molecule has 0 aromatic heterocycles.